The molecule has 0 unspecified atom stereocenters. The quantitative estimate of drug-likeness (QED) is 0.686. The van der Waals surface area contributed by atoms with Gasteiger partial charge in [-0.3, -0.25) is 4.79 Å². The van der Waals surface area contributed by atoms with Gasteiger partial charge in [-0.1, -0.05) is 0 Å². The highest BCUT2D eigenvalue weighted by molar-refractivity contribution is 5.98. The van der Waals surface area contributed by atoms with E-state index in [2.05, 4.69) is 20.4 Å². The van der Waals surface area contributed by atoms with Gasteiger partial charge in [0.05, 0.1) is 29.7 Å². The summed E-state index contributed by atoms with van der Waals surface area (Å²) >= 11 is 0. The van der Waals surface area contributed by atoms with Crippen LogP contribution in [0.4, 0.5) is 4.39 Å². The van der Waals surface area contributed by atoms with E-state index >= 15 is 0 Å². The van der Waals surface area contributed by atoms with Crippen LogP contribution in [0.15, 0.2) is 30.6 Å². The molecular weight excluding hydrogens is 401 g/mol. The Morgan fingerprint density at radius 3 is 2.55 bits per heavy atom. The van der Waals surface area contributed by atoms with Gasteiger partial charge in [-0.25, -0.2) is 4.39 Å². The van der Waals surface area contributed by atoms with Crippen molar-refractivity contribution >= 4 is 5.91 Å². The van der Waals surface area contributed by atoms with Crippen molar-refractivity contribution in [1.82, 2.24) is 34.9 Å². The molecule has 1 aromatic carbocycles. The van der Waals surface area contributed by atoms with E-state index in [-0.39, 0.29) is 18.0 Å². The van der Waals surface area contributed by atoms with Crippen LogP contribution >= 0.6 is 0 Å². The molecule has 1 fully saturated rings. The summed E-state index contributed by atoms with van der Waals surface area (Å²) in [6.45, 7) is 7.56. The maximum Gasteiger partial charge on any atom is 0.256 e. The molecule has 0 aliphatic carbocycles. The molecule has 164 valence electrons. The number of likely N-dealkylation sites (tertiary alicyclic amines) is 1. The van der Waals surface area contributed by atoms with Gasteiger partial charge in [0, 0.05) is 18.7 Å². The minimum atomic E-state index is -1.10. The summed E-state index contributed by atoms with van der Waals surface area (Å²) in [5.74, 6) is -0.695. The van der Waals surface area contributed by atoms with Crippen LogP contribution in [-0.2, 0) is 5.60 Å². The van der Waals surface area contributed by atoms with E-state index in [0.29, 0.717) is 29.2 Å². The van der Waals surface area contributed by atoms with E-state index in [9.17, 15) is 14.3 Å². The van der Waals surface area contributed by atoms with Crippen LogP contribution in [-0.4, -0.2) is 58.5 Å². The Hall–Kier alpha value is -3.14. The number of benzene rings is 1. The minimum absolute atomic E-state index is 0.00218. The van der Waals surface area contributed by atoms with Crippen molar-refractivity contribution in [2.75, 3.05) is 6.54 Å². The highest BCUT2D eigenvalue weighted by Crippen LogP contribution is 2.29. The number of hydrogen-bond donors (Lipinski definition) is 1. The van der Waals surface area contributed by atoms with E-state index < -0.39 is 11.4 Å². The average Bonchev–Trinajstić information content (AvgIpc) is 3.37. The fourth-order valence-electron chi connectivity index (χ4n) is 4.03. The predicted octanol–water partition coefficient (Wildman–Crippen LogP) is 2.40. The fourth-order valence-corrected chi connectivity index (χ4v) is 4.03. The number of halogens is 1. The number of amides is 1. The lowest BCUT2D eigenvalue weighted by Gasteiger charge is -2.37. The highest BCUT2D eigenvalue weighted by atomic mass is 19.1. The molecule has 0 saturated carbocycles. The molecule has 4 rings (SSSR count). The predicted molar refractivity (Wildman–Crippen MR) is 110 cm³/mol. The number of hydrogen-bond acceptors (Lipinski definition) is 6. The smallest absolute Gasteiger partial charge is 0.256 e. The van der Waals surface area contributed by atoms with E-state index in [0.717, 1.165) is 12.8 Å². The molecule has 1 aliphatic rings. The molecule has 3 aromatic rings. The van der Waals surface area contributed by atoms with Crippen LogP contribution in [0, 0.1) is 12.7 Å². The molecule has 3 heterocycles. The molecule has 0 spiro atoms. The van der Waals surface area contributed by atoms with Gasteiger partial charge in [-0.15, -0.1) is 0 Å². The number of carbonyl (C=O) groups is 1. The molecule has 0 bridgehead atoms. The van der Waals surface area contributed by atoms with Gasteiger partial charge >= 0.3 is 0 Å². The van der Waals surface area contributed by atoms with E-state index in [4.69, 9.17) is 0 Å². The normalized spacial score (nSPS) is 19.6. The Morgan fingerprint density at radius 2 is 1.90 bits per heavy atom. The third-order valence-electron chi connectivity index (χ3n) is 5.65. The van der Waals surface area contributed by atoms with Gasteiger partial charge in [-0.2, -0.15) is 30.0 Å². The first-order valence-electron chi connectivity index (χ1n) is 10.3. The van der Waals surface area contributed by atoms with Crippen molar-refractivity contribution in [2.45, 2.75) is 58.2 Å². The SMILES string of the molecule is Cc1nn([C@@H]2CC[C@@H](C)N(C(=O)c3ccc(F)cc3-n3nccn3)C2)nc1C(C)(C)O. The summed E-state index contributed by atoms with van der Waals surface area (Å²) in [6.07, 6.45) is 4.53. The van der Waals surface area contributed by atoms with Gasteiger partial charge < -0.3 is 10.0 Å². The third kappa shape index (κ3) is 4.07. The highest BCUT2D eigenvalue weighted by Gasteiger charge is 2.34. The zero-order valence-corrected chi connectivity index (χ0v) is 18.0. The zero-order valence-electron chi connectivity index (χ0n) is 18.0. The first-order valence-corrected chi connectivity index (χ1v) is 10.3. The number of aliphatic hydroxyl groups is 1. The first-order chi connectivity index (χ1) is 14.6. The van der Waals surface area contributed by atoms with Crippen molar-refractivity contribution in [1.29, 1.82) is 0 Å². The van der Waals surface area contributed by atoms with E-state index in [1.165, 1.54) is 35.4 Å². The summed E-state index contributed by atoms with van der Waals surface area (Å²) in [7, 11) is 0. The summed E-state index contributed by atoms with van der Waals surface area (Å²) in [5.41, 5.74) is 0.706. The lowest BCUT2D eigenvalue weighted by Crippen LogP contribution is -2.46. The summed E-state index contributed by atoms with van der Waals surface area (Å²) in [6, 6.07) is 3.86. The van der Waals surface area contributed by atoms with Crippen LogP contribution in [0.2, 0.25) is 0 Å². The second-order valence-electron chi connectivity index (χ2n) is 8.53. The van der Waals surface area contributed by atoms with E-state index in [1.54, 1.807) is 23.5 Å². The number of piperidine rings is 1. The first kappa shape index (κ1) is 21.1. The van der Waals surface area contributed by atoms with Crippen molar-refractivity contribution in [2.24, 2.45) is 0 Å². The average molecular weight is 427 g/mol. The second kappa shape index (κ2) is 7.84. The van der Waals surface area contributed by atoms with Gasteiger partial charge in [0.15, 0.2) is 0 Å². The van der Waals surface area contributed by atoms with E-state index in [1.807, 2.05) is 13.8 Å². The molecule has 10 heteroatoms. The maximum absolute atomic E-state index is 13.9. The molecule has 1 saturated heterocycles. The summed E-state index contributed by atoms with van der Waals surface area (Å²) in [5, 5.41) is 27.4. The Bertz CT molecular complexity index is 1090. The fraction of sp³-hybridized carbons (Fsp3) is 0.476. The molecule has 1 amide bonds. The molecule has 1 aliphatic heterocycles. The van der Waals surface area contributed by atoms with Crippen LogP contribution < -0.4 is 0 Å². The zero-order chi connectivity index (χ0) is 22.3. The molecule has 9 nitrogen and oxygen atoms in total. The molecule has 31 heavy (non-hydrogen) atoms. The van der Waals surface area contributed by atoms with Gasteiger partial charge in [0.25, 0.3) is 5.91 Å². The van der Waals surface area contributed by atoms with Crippen molar-refractivity contribution in [3.05, 3.63) is 53.4 Å². The Morgan fingerprint density at radius 1 is 1.19 bits per heavy atom. The van der Waals surface area contributed by atoms with Gasteiger partial charge in [0.1, 0.15) is 22.8 Å². The summed E-state index contributed by atoms with van der Waals surface area (Å²) in [4.78, 5) is 18.1. The van der Waals surface area contributed by atoms with Crippen LogP contribution in [0.5, 0.6) is 0 Å². The lowest BCUT2D eigenvalue weighted by atomic mass is 9.98. The van der Waals surface area contributed by atoms with Crippen LogP contribution in [0.3, 0.4) is 0 Å². The van der Waals surface area contributed by atoms with Crippen LogP contribution in [0.1, 0.15) is 61.4 Å². The number of aryl methyl sites for hydroxylation is 1. The molecule has 0 radical (unpaired) electrons. The Labute approximate surface area is 179 Å². The Kier molecular flexibility index (Phi) is 5.34. The third-order valence-corrected chi connectivity index (χ3v) is 5.65. The molecule has 2 atom stereocenters. The largest absolute Gasteiger partial charge is 0.384 e. The minimum Gasteiger partial charge on any atom is -0.384 e. The molecule has 1 N–H and O–H groups in total. The standard InChI is InChI=1S/C21H26FN7O2/c1-13-5-7-16(28-25-14(2)19(26-28)21(3,4)31)12-27(13)20(30)17-8-6-15(22)11-18(17)29-23-9-10-24-29/h6,8-11,13,16,31H,5,7,12H2,1-4H3/t13-,16-/m1/s1. The lowest BCUT2D eigenvalue weighted by molar-refractivity contribution is 0.0533. The van der Waals surface area contributed by atoms with Gasteiger partial charge in [0.2, 0.25) is 0 Å². The monoisotopic (exact) mass is 427 g/mol. The summed E-state index contributed by atoms with van der Waals surface area (Å²) < 4.78 is 13.9. The topological polar surface area (TPSA) is 102 Å². The van der Waals surface area contributed by atoms with Crippen molar-refractivity contribution in [3.8, 4) is 5.69 Å². The molecular formula is C21H26FN7O2. The second-order valence-corrected chi connectivity index (χ2v) is 8.53. The van der Waals surface area contributed by atoms with Crippen molar-refractivity contribution < 1.29 is 14.3 Å². The molecule has 2 aromatic heterocycles. The van der Waals surface area contributed by atoms with Crippen molar-refractivity contribution in [3.63, 3.8) is 0 Å². The van der Waals surface area contributed by atoms with Crippen LogP contribution in [0.25, 0.3) is 5.69 Å². The number of aromatic nitrogens is 6. The number of carbonyl (C=O) groups excluding carboxylic acids is 1. The maximum atomic E-state index is 13.9. The number of rotatable bonds is 4. The number of nitrogens with zero attached hydrogens (tertiary/aromatic N) is 7. The Balaban J connectivity index is 1.64. The van der Waals surface area contributed by atoms with Gasteiger partial charge in [-0.05, 0) is 52.7 Å².